The van der Waals surface area contributed by atoms with E-state index in [9.17, 15) is 4.79 Å². The number of nitrogens with two attached hydrogens (primary N) is 1. The first kappa shape index (κ1) is 18.6. The van der Waals surface area contributed by atoms with Crippen molar-refractivity contribution >= 4 is 16.6 Å². The van der Waals surface area contributed by atoms with Crippen LogP contribution >= 0.6 is 0 Å². The van der Waals surface area contributed by atoms with Crippen molar-refractivity contribution in [3.63, 3.8) is 0 Å². The molecule has 1 aliphatic rings. The lowest BCUT2D eigenvalue weighted by molar-refractivity contribution is -0.00545. The van der Waals surface area contributed by atoms with Crippen molar-refractivity contribution in [2.24, 2.45) is 5.73 Å². The zero-order valence-electron chi connectivity index (χ0n) is 15.9. The van der Waals surface area contributed by atoms with Gasteiger partial charge in [-0.2, -0.15) is 0 Å². The van der Waals surface area contributed by atoms with Crippen LogP contribution in [0.4, 0.5) is 10.2 Å². The van der Waals surface area contributed by atoms with Gasteiger partial charge in [-0.25, -0.2) is 9.37 Å². The van der Waals surface area contributed by atoms with Crippen LogP contribution in [0.5, 0.6) is 0 Å². The summed E-state index contributed by atoms with van der Waals surface area (Å²) in [6.07, 6.45) is 0.209. The topological polar surface area (TPSA) is 84.2 Å². The number of benzene rings is 1. The number of rotatable bonds is 3. The molecule has 146 valence electrons. The van der Waals surface area contributed by atoms with E-state index in [1.54, 1.807) is 24.3 Å². The maximum absolute atomic E-state index is 15.3. The number of aromatic amines is 1. The summed E-state index contributed by atoms with van der Waals surface area (Å²) in [5.74, 6) is 0.319. The van der Waals surface area contributed by atoms with Crippen LogP contribution in [0.1, 0.15) is 19.5 Å². The van der Waals surface area contributed by atoms with Gasteiger partial charge < -0.3 is 20.4 Å². The van der Waals surface area contributed by atoms with Gasteiger partial charge >= 0.3 is 0 Å². The van der Waals surface area contributed by atoms with Crippen LogP contribution < -0.4 is 16.2 Å². The Balaban J connectivity index is 1.78. The van der Waals surface area contributed by atoms with Crippen LogP contribution in [0.15, 0.2) is 41.2 Å². The number of pyridine rings is 2. The minimum Gasteiger partial charge on any atom is -0.372 e. The summed E-state index contributed by atoms with van der Waals surface area (Å²) in [7, 11) is 0. The molecule has 0 aliphatic carbocycles. The maximum Gasteiger partial charge on any atom is 0.256 e. The van der Waals surface area contributed by atoms with Gasteiger partial charge in [0.1, 0.15) is 11.6 Å². The molecular formula is C21H23FN4O2. The Bertz CT molecular complexity index is 1070. The molecule has 3 N–H and O–H groups in total. The summed E-state index contributed by atoms with van der Waals surface area (Å²) in [5, 5.41) is 0.549. The largest absolute Gasteiger partial charge is 0.372 e. The highest BCUT2D eigenvalue weighted by Crippen LogP contribution is 2.29. The fourth-order valence-corrected chi connectivity index (χ4v) is 3.78. The third kappa shape index (κ3) is 3.39. The molecule has 0 amide bonds. The van der Waals surface area contributed by atoms with Gasteiger partial charge in [0.2, 0.25) is 0 Å². The number of nitrogens with one attached hydrogen (secondary N) is 1. The Kier molecular flexibility index (Phi) is 4.87. The van der Waals surface area contributed by atoms with E-state index in [-0.39, 0.29) is 29.7 Å². The number of ether oxygens (including phenoxy) is 1. The van der Waals surface area contributed by atoms with Crippen LogP contribution in [-0.4, -0.2) is 35.3 Å². The van der Waals surface area contributed by atoms with Crippen molar-refractivity contribution in [3.8, 4) is 11.3 Å². The van der Waals surface area contributed by atoms with E-state index in [4.69, 9.17) is 10.5 Å². The van der Waals surface area contributed by atoms with E-state index in [1.165, 1.54) is 0 Å². The molecular weight excluding hydrogens is 359 g/mol. The summed E-state index contributed by atoms with van der Waals surface area (Å²) >= 11 is 0. The zero-order chi connectivity index (χ0) is 19.8. The smallest absolute Gasteiger partial charge is 0.256 e. The molecule has 0 spiro atoms. The van der Waals surface area contributed by atoms with Gasteiger partial charge in [0.15, 0.2) is 0 Å². The Morgan fingerprint density at radius 2 is 1.96 bits per heavy atom. The molecule has 4 rings (SSSR count). The molecule has 0 unspecified atom stereocenters. The molecule has 1 fully saturated rings. The van der Waals surface area contributed by atoms with E-state index in [1.807, 2.05) is 26.0 Å². The van der Waals surface area contributed by atoms with Crippen LogP contribution in [-0.2, 0) is 11.3 Å². The van der Waals surface area contributed by atoms with E-state index < -0.39 is 5.82 Å². The van der Waals surface area contributed by atoms with Crippen molar-refractivity contribution in [2.45, 2.75) is 32.6 Å². The second-order valence-corrected chi connectivity index (χ2v) is 7.26. The minimum absolute atomic E-state index is 0.105. The number of anilines is 1. The van der Waals surface area contributed by atoms with Crippen LogP contribution in [0.25, 0.3) is 22.0 Å². The molecule has 3 aromatic rings. The lowest BCUT2D eigenvalue weighted by Gasteiger charge is -2.36. The molecule has 28 heavy (non-hydrogen) atoms. The molecule has 1 aromatic carbocycles. The normalized spacial score (nSPS) is 19.9. The highest BCUT2D eigenvalue weighted by atomic mass is 19.1. The summed E-state index contributed by atoms with van der Waals surface area (Å²) in [6.45, 7) is 5.66. The number of halogens is 1. The third-order valence-corrected chi connectivity index (χ3v) is 4.99. The first-order chi connectivity index (χ1) is 13.5. The fourth-order valence-electron chi connectivity index (χ4n) is 3.78. The van der Waals surface area contributed by atoms with E-state index in [2.05, 4.69) is 14.9 Å². The summed E-state index contributed by atoms with van der Waals surface area (Å²) < 4.78 is 21.1. The SMILES string of the molecule is C[C@@H]1CN(c2cccc(-c3ccc4c(=O)[nH]c(CN)cc4c3F)n2)C[C@H](C)O1. The number of H-pyrrole nitrogens is 1. The minimum atomic E-state index is -0.466. The first-order valence-electron chi connectivity index (χ1n) is 9.38. The van der Waals surface area contributed by atoms with E-state index in [0.29, 0.717) is 22.3 Å². The first-order valence-corrected chi connectivity index (χ1v) is 9.38. The molecule has 0 saturated carbocycles. The number of hydrogen-bond acceptors (Lipinski definition) is 5. The van der Waals surface area contributed by atoms with E-state index in [0.717, 1.165) is 18.9 Å². The third-order valence-electron chi connectivity index (χ3n) is 4.99. The van der Waals surface area contributed by atoms with Gasteiger partial charge in [-0.05, 0) is 44.2 Å². The predicted molar refractivity (Wildman–Crippen MR) is 108 cm³/mol. The molecule has 2 aromatic heterocycles. The highest BCUT2D eigenvalue weighted by Gasteiger charge is 2.23. The number of aromatic nitrogens is 2. The van der Waals surface area contributed by atoms with Gasteiger partial charge in [0, 0.05) is 41.7 Å². The highest BCUT2D eigenvalue weighted by molar-refractivity contribution is 5.87. The summed E-state index contributed by atoms with van der Waals surface area (Å²) in [6, 6.07) is 10.4. The quantitative estimate of drug-likeness (QED) is 0.728. The molecule has 2 atom stereocenters. The molecule has 6 nitrogen and oxygen atoms in total. The van der Waals surface area contributed by atoms with Crippen molar-refractivity contribution in [2.75, 3.05) is 18.0 Å². The van der Waals surface area contributed by atoms with Gasteiger partial charge in [-0.3, -0.25) is 4.79 Å². The number of fused-ring (bicyclic) bond motifs is 1. The Morgan fingerprint density at radius 3 is 2.68 bits per heavy atom. The van der Waals surface area contributed by atoms with Gasteiger partial charge in [-0.1, -0.05) is 6.07 Å². The number of hydrogen-bond donors (Lipinski definition) is 2. The van der Waals surface area contributed by atoms with Gasteiger partial charge in [-0.15, -0.1) is 0 Å². The average molecular weight is 382 g/mol. The van der Waals surface area contributed by atoms with Gasteiger partial charge in [0.05, 0.1) is 17.9 Å². The van der Waals surface area contributed by atoms with Crippen molar-refractivity contribution in [1.82, 2.24) is 9.97 Å². The molecule has 1 aliphatic heterocycles. The van der Waals surface area contributed by atoms with Crippen molar-refractivity contribution in [1.29, 1.82) is 0 Å². The average Bonchev–Trinajstić information content (AvgIpc) is 2.68. The van der Waals surface area contributed by atoms with E-state index >= 15 is 4.39 Å². The Labute approximate surface area is 162 Å². The fraction of sp³-hybridized carbons (Fsp3) is 0.333. The second-order valence-electron chi connectivity index (χ2n) is 7.26. The second kappa shape index (κ2) is 7.33. The monoisotopic (exact) mass is 382 g/mol. The molecule has 0 bridgehead atoms. The maximum atomic E-state index is 15.3. The van der Waals surface area contributed by atoms with Crippen LogP contribution in [0, 0.1) is 5.82 Å². The molecule has 0 radical (unpaired) electrons. The van der Waals surface area contributed by atoms with Crippen LogP contribution in [0.3, 0.4) is 0 Å². The predicted octanol–water partition coefficient (Wildman–Crippen LogP) is 2.80. The standard InChI is InChI=1S/C21H23FN4O2/c1-12-10-26(11-13(2)28-12)19-5-3-4-18(25-19)16-7-6-15-17(20(16)22)8-14(9-23)24-21(15)27/h3-8,12-13H,9-11,23H2,1-2H3,(H,24,27)/t12-,13+. The molecule has 7 heteroatoms. The Morgan fingerprint density at radius 1 is 1.21 bits per heavy atom. The summed E-state index contributed by atoms with van der Waals surface area (Å²) in [5.41, 5.74) is 6.64. The zero-order valence-corrected chi connectivity index (χ0v) is 15.9. The van der Waals surface area contributed by atoms with Crippen molar-refractivity contribution < 1.29 is 9.13 Å². The lowest BCUT2D eigenvalue weighted by Crippen LogP contribution is -2.45. The Hall–Kier alpha value is -2.77. The number of nitrogens with zero attached hydrogens (tertiary/aromatic N) is 2. The summed E-state index contributed by atoms with van der Waals surface area (Å²) in [4.78, 5) is 21.7. The van der Waals surface area contributed by atoms with Gasteiger partial charge in [0.25, 0.3) is 5.56 Å². The van der Waals surface area contributed by atoms with Crippen molar-refractivity contribution in [3.05, 3.63) is 58.3 Å². The van der Waals surface area contributed by atoms with Crippen LogP contribution in [0.2, 0.25) is 0 Å². The lowest BCUT2D eigenvalue weighted by atomic mass is 10.0. The molecule has 3 heterocycles. The molecule has 1 saturated heterocycles. The number of morpholine rings is 1.